The molecule has 0 unspecified atom stereocenters. The molecule has 0 aliphatic carbocycles. The van der Waals surface area contributed by atoms with Crippen LogP contribution in [0, 0.1) is 6.92 Å². The quantitative estimate of drug-likeness (QED) is 0.820. The first-order chi connectivity index (χ1) is 7.92. The Balaban J connectivity index is 2.99. The van der Waals surface area contributed by atoms with Crippen molar-refractivity contribution in [3.8, 4) is 0 Å². The molecule has 17 heavy (non-hydrogen) atoms. The van der Waals surface area contributed by atoms with Crippen LogP contribution in [0.4, 0.5) is 5.69 Å². The summed E-state index contributed by atoms with van der Waals surface area (Å²) >= 11 is 0. The van der Waals surface area contributed by atoms with Gasteiger partial charge in [-0.25, -0.2) is 0 Å². The Bertz CT molecular complexity index is 374. The lowest BCUT2D eigenvalue weighted by molar-refractivity contribution is 0.216. The van der Waals surface area contributed by atoms with E-state index in [9.17, 15) is 5.11 Å². The fourth-order valence-electron chi connectivity index (χ4n) is 1.84. The number of aliphatic hydroxyl groups excluding tert-OH is 1. The molecule has 0 heterocycles. The van der Waals surface area contributed by atoms with Crippen molar-refractivity contribution in [3.05, 3.63) is 29.3 Å². The third-order valence-electron chi connectivity index (χ3n) is 3.30. The molecule has 0 spiro atoms. The lowest BCUT2D eigenvalue weighted by atomic mass is 10.0. The average Bonchev–Trinajstić information content (AvgIpc) is 2.29. The van der Waals surface area contributed by atoms with Crippen molar-refractivity contribution in [3.63, 3.8) is 0 Å². The van der Waals surface area contributed by atoms with E-state index in [4.69, 9.17) is 0 Å². The van der Waals surface area contributed by atoms with Crippen molar-refractivity contribution in [2.24, 2.45) is 0 Å². The van der Waals surface area contributed by atoms with Gasteiger partial charge < -0.3 is 15.3 Å². The van der Waals surface area contributed by atoms with Gasteiger partial charge in [0.1, 0.15) is 0 Å². The van der Waals surface area contributed by atoms with Gasteiger partial charge in [0.15, 0.2) is 0 Å². The topological polar surface area (TPSA) is 35.5 Å². The number of benzene rings is 1. The van der Waals surface area contributed by atoms with Gasteiger partial charge in [-0.1, -0.05) is 12.1 Å². The summed E-state index contributed by atoms with van der Waals surface area (Å²) in [6.07, 6.45) is 0. The van der Waals surface area contributed by atoms with Crippen LogP contribution in [0.1, 0.15) is 25.0 Å². The fourth-order valence-corrected chi connectivity index (χ4v) is 1.84. The zero-order valence-corrected chi connectivity index (χ0v) is 11.5. The van der Waals surface area contributed by atoms with Crippen LogP contribution in [-0.4, -0.2) is 31.3 Å². The summed E-state index contributed by atoms with van der Waals surface area (Å²) in [4.78, 5) is 2.13. The lowest BCUT2D eigenvalue weighted by Gasteiger charge is -2.37. The summed E-state index contributed by atoms with van der Waals surface area (Å²) < 4.78 is 0. The number of aryl methyl sites for hydroxylation is 1. The minimum Gasteiger partial charge on any atom is -0.394 e. The summed E-state index contributed by atoms with van der Waals surface area (Å²) in [6.45, 7) is 7.20. The molecule has 1 aromatic rings. The zero-order valence-electron chi connectivity index (χ0n) is 11.5. The van der Waals surface area contributed by atoms with Crippen LogP contribution in [0.3, 0.4) is 0 Å². The number of aliphatic hydroxyl groups is 1. The zero-order chi connectivity index (χ0) is 13.1. The number of nitrogens with zero attached hydrogens (tertiary/aromatic N) is 1. The number of rotatable bonds is 5. The standard InChI is InChI=1S/C14H24N2O/c1-11-8-12(9-15-4)6-7-13(11)16(5)14(2,3)10-17/h6-8,15,17H,9-10H2,1-5H3. The SMILES string of the molecule is CNCc1ccc(N(C)C(C)(C)CO)c(C)c1. The molecule has 0 aliphatic heterocycles. The first kappa shape index (κ1) is 14.0. The van der Waals surface area contributed by atoms with Gasteiger partial charge in [-0.2, -0.15) is 0 Å². The van der Waals surface area contributed by atoms with E-state index in [1.165, 1.54) is 16.8 Å². The first-order valence-electron chi connectivity index (χ1n) is 6.01. The Morgan fingerprint density at radius 3 is 2.47 bits per heavy atom. The highest BCUT2D eigenvalue weighted by Crippen LogP contribution is 2.26. The van der Waals surface area contributed by atoms with Crippen LogP contribution >= 0.6 is 0 Å². The molecular formula is C14H24N2O. The van der Waals surface area contributed by atoms with Crippen LogP contribution in [0.5, 0.6) is 0 Å². The van der Waals surface area contributed by atoms with Gasteiger partial charge in [0.25, 0.3) is 0 Å². The molecule has 1 aromatic carbocycles. The second kappa shape index (κ2) is 5.52. The van der Waals surface area contributed by atoms with Crippen molar-refractivity contribution < 1.29 is 5.11 Å². The molecule has 2 N–H and O–H groups in total. The maximum atomic E-state index is 9.40. The molecule has 0 aliphatic rings. The predicted molar refractivity (Wildman–Crippen MR) is 73.5 cm³/mol. The van der Waals surface area contributed by atoms with E-state index >= 15 is 0 Å². The van der Waals surface area contributed by atoms with E-state index in [1.54, 1.807) is 0 Å². The lowest BCUT2D eigenvalue weighted by Crippen LogP contribution is -2.44. The molecule has 0 aromatic heterocycles. The van der Waals surface area contributed by atoms with E-state index < -0.39 is 0 Å². The maximum absolute atomic E-state index is 9.40. The molecule has 0 amide bonds. The number of nitrogens with one attached hydrogen (secondary N) is 1. The predicted octanol–water partition coefficient (Wildman–Crippen LogP) is 1.92. The number of anilines is 1. The Hall–Kier alpha value is -1.06. The van der Waals surface area contributed by atoms with Gasteiger partial charge in [0.2, 0.25) is 0 Å². The molecule has 0 fully saturated rings. The molecule has 3 heteroatoms. The second-order valence-electron chi connectivity index (χ2n) is 5.18. The van der Waals surface area contributed by atoms with E-state index in [-0.39, 0.29) is 12.1 Å². The summed E-state index contributed by atoms with van der Waals surface area (Å²) in [5.74, 6) is 0. The van der Waals surface area contributed by atoms with Crippen LogP contribution in [0.15, 0.2) is 18.2 Å². The minimum atomic E-state index is -0.241. The van der Waals surface area contributed by atoms with Gasteiger partial charge in [-0.05, 0) is 45.0 Å². The van der Waals surface area contributed by atoms with Gasteiger partial charge in [0, 0.05) is 19.3 Å². The molecule has 0 atom stereocenters. The molecule has 0 radical (unpaired) electrons. The van der Waals surface area contributed by atoms with Crippen molar-refractivity contribution in [1.82, 2.24) is 5.32 Å². The van der Waals surface area contributed by atoms with Crippen molar-refractivity contribution in [1.29, 1.82) is 0 Å². The molecule has 1 rings (SSSR count). The number of likely N-dealkylation sites (N-methyl/N-ethyl adjacent to an activating group) is 1. The van der Waals surface area contributed by atoms with Crippen molar-refractivity contribution in [2.75, 3.05) is 25.6 Å². The number of hydrogen-bond acceptors (Lipinski definition) is 3. The summed E-state index contributed by atoms with van der Waals surface area (Å²) in [5, 5.41) is 12.6. The van der Waals surface area contributed by atoms with E-state index in [1.807, 2.05) is 27.9 Å². The Morgan fingerprint density at radius 1 is 1.35 bits per heavy atom. The summed E-state index contributed by atoms with van der Waals surface area (Å²) in [6, 6.07) is 6.44. The maximum Gasteiger partial charge on any atom is 0.0658 e. The van der Waals surface area contributed by atoms with Crippen molar-refractivity contribution in [2.45, 2.75) is 32.9 Å². The third kappa shape index (κ3) is 3.20. The molecule has 0 bridgehead atoms. The highest BCUT2D eigenvalue weighted by Gasteiger charge is 2.23. The molecule has 3 nitrogen and oxygen atoms in total. The van der Waals surface area contributed by atoms with E-state index in [2.05, 4.69) is 35.3 Å². The largest absolute Gasteiger partial charge is 0.394 e. The summed E-state index contributed by atoms with van der Waals surface area (Å²) in [7, 11) is 3.97. The van der Waals surface area contributed by atoms with Gasteiger partial charge >= 0.3 is 0 Å². The monoisotopic (exact) mass is 236 g/mol. The average molecular weight is 236 g/mol. The van der Waals surface area contributed by atoms with Crippen LogP contribution in [0.2, 0.25) is 0 Å². The van der Waals surface area contributed by atoms with Crippen LogP contribution in [0.25, 0.3) is 0 Å². The van der Waals surface area contributed by atoms with Crippen molar-refractivity contribution >= 4 is 5.69 Å². The van der Waals surface area contributed by atoms with Gasteiger partial charge in [0.05, 0.1) is 12.1 Å². The summed E-state index contributed by atoms with van der Waals surface area (Å²) in [5.41, 5.74) is 3.45. The third-order valence-corrected chi connectivity index (χ3v) is 3.30. The van der Waals surface area contributed by atoms with E-state index in [0.717, 1.165) is 6.54 Å². The highest BCUT2D eigenvalue weighted by atomic mass is 16.3. The second-order valence-corrected chi connectivity index (χ2v) is 5.18. The Labute approximate surface area is 104 Å². The Kier molecular flexibility index (Phi) is 4.54. The molecule has 96 valence electrons. The normalized spacial score (nSPS) is 11.6. The van der Waals surface area contributed by atoms with E-state index in [0.29, 0.717) is 0 Å². The number of hydrogen-bond donors (Lipinski definition) is 2. The van der Waals surface area contributed by atoms with Crippen LogP contribution in [-0.2, 0) is 6.54 Å². The first-order valence-corrected chi connectivity index (χ1v) is 6.01. The van der Waals surface area contributed by atoms with Crippen LogP contribution < -0.4 is 10.2 Å². The highest BCUT2D eigenvalue weighted by molar-refractivity contribution is 5.55. The molecular weight excluding hydrogens is 212 g/mol. The minimum absolute atomic E-state index is 0.140. The Morgan fingerprint density at radius 2 is 2.00 bits per heavy atom. The fraction of sp³-hybridized carbons (Fsp3) is 0.571. The molecule has 0 saturated carbocycles. The molecule has 0 saturated heterocycles. The smallest absolute Gasteiger partial charge is 0.0658 e. The van der Waals surface area contributed by atoms with Gasteiger partial charge in [-0.15, -0.1) is 0 Å². The van der Waals surface area contributed by atoms with Gasteiger partial charge in [-0.3, -0.25) is 0 Å².